The second kappa shape index (κ2) is 12.5. The van der Waals surface area contributed by atoms with Crippen LogP contribution in [-0.2, 0) is 0 Å². The average Bonchev–Trinajstić information content (AvgIpc) is 3.62. The number of hydrogen-bond acceptors (Lipinski definition) is 2. The van der Waals surface area contributed by atoms with Gasteiger partial charge in [0, 0.05) is 36.0 Å². The minimum Gasteiger partial charge on any atom is -0.309 e. The van der Waals surface area contributed by atoms with Crippen molar-refractivity contribution in [1.82, 2.24) is 4.57 Å². The van der Waals surface area contributed by atoms with Gasteiger partial charge in [-0.2, -0.15) is 0 Å². The molecule has 1 aromatic heterocycles. The van der Waals surface area contributed by atoms with Crippen LogP contribution >= 0.6 is 23.5 Å². The Morgan fingerprint density at radius 1 is 0.345 bits per heavy atom. The molecule has 11 aromatic rings. The first kappa shape index (κ1) is 32.6. The van der Waals surface area contributed by atoms with Crippen molar-refractivity contribution in [3.63, 3.8) is 0 Å². The Hall–Kier alpha value is -6.46. The SMILES string of the molecule is c1ccc2c(c1)Sc1cc(-c3c4ccccc4c(-c4ccc5ccccc5c4)c4ccccc34)cc3c1B2c1ccc(-n2c4ccccc4c4ccccc42)cc1S3. The molecule has 1 nitrogen and oxygen atoms in total. The lowest BCUT2D eigenvalue weighted by molar-refractivity contribution is 1.16. The minimum absolute atomic E-state index is 0.170. The van der Waals surface area contributed by atoms with E-state index in [1.54, 1.807) is 0 Å². The molecule has 0 N–H and O–H groups in total. The van der Waals surface area contributed by atoms with Crippen molar-refractivity contribution in [3.8, 4) is 27.9 Å². The van der Waals surface area contributed by atoms with E-state index in [0.29, 0.717) is 0 Å². The van der Waals surface area contributed by atoms with Crippen LogP contribution in [0.15, 0.2) is 214 Å². The fourth-order valence-corrected chi connectivity index (χ4v) is 12.5. The highest BCUT2D eigenvalue weighted by Crippen LogP contribution is 2.47. The molecule has 0 amide bonds. The number of hydrogen-bond donors (Lipinski definition) is 0. The number of aromatic nitrogens is 1. The van der Waals surface area contributed by atoms with Crippen molar-refractivity contribution in [1.29, 1.82) is 0 Å². The van der Waals surface area contributed by atoms with Crippen LogP contribution in [0.4, 0.5) is 0 Å². The maximum atomic E-state index is 2.50. The summed E-state index contributed by atoms with van der Waals surface area (Å²) in [6.07, 6.45) is 0. The summed E-state index contributed by atoms with van der Waals surface area (Å²) >= 11 is 3.87. The highest BCUT2D eigenvalue weighted by atomic mass is 32.2. The third kappa shape index (κ3) is 4.70. The highest BCUT2D eigenvalue weighted by molar-refractivity contribution is 8.01. The third-order valence-electron chi connectivity index (χ3n) is 12.5. The molecule has 2 aliphatic heterocycles. The van der Waals surface area contributed by atoms with Gasteiger partial charge in [-0.3, -0.25) is 0 Å². The van der Waals surface area contributed by atoms with Gasteiger partial charge in [-0.05, 0) is 109 Å². The molecule has 0 unspecified atom stereocenters. The molecule has 0 saturated carbocycles. The minimum atomic E-state index is 0.170. The summed E-state index contributed by atoms with van der Waals surface area (Å²) in [7, 11) is 0. The molecule has 268 valence electrons. The smallest absolute Gasteiger partial charge is 0.247 e. The van der Waals surface area contributed by atoms with Crippen molar-refractivity contribution in [3.05, 3.63) is 194 Å². The van der Waals surface area contributed by atoms with Crippen LogP contribution in [0.2, 0.25) is 0 Å². The van der Waals surface area contributed by atoms with Gasteiger partial charge in [-0.1, -0.05) is 180 Å². The molecule has 0 radical (unpaired) electrons. The number of fused-ring (bicyclic) bond motifs is 10. The van der Waals surface area contributed by atoms with Crippen molar-refractivity contribution in [2.75, 3.05) is 0 Å². The van der Waals surface area contributed by atoms with Gasteiger partial charge < -0.3 is 4.57 Å². The van der Waals surface area contributed by atoms with Gasteiger partial charge in [0.15, 0.2) is 0 Å². The molecule has 10 aromatic carbocycles. The number of nitrogens with zero attached hydrogens (tertiary/aromatic N) is 1. The number of para-hydroxylation sites is 2. The first-order chi connectivity index (χ1) is 28.8. The fraction of sp³-hybridized carbons (Fsp3) is 0. The van der Waals surface area contributed by atoms with Gasteiger partial charge in [0.05, 0.1) is 11.0 Å². The van der Waals surface area contributed by atoms with Crippen molar-refractivity contribution in [2.45, 2.75) is 19.6 Å². The molecule has 58 heavy (non-hydrogen) atoms. The van der Waals surface area contributed by atoms with E-state index in [2.05, 4.69) is 199 Å². The van der Waals surface area contributed by atoms with Gasteiger partial charge in [-0.15, -0.1) is 0 Å². The Bertz CT molecular complexity index is 3430. The molecule has 0 fully saturated rings. The molecule has 4 heteroatoms. The second-order valence-electron chi connectivity index (χ2n) is 15.6. The van der Waals surface area contributed by atoms with Gasteiger partial charge in [0.1, 0.15) is 0 Å². The van der Waals surface area contributed by atoms with Gasteiger partial charge in [0.2, 0.25) is 6.71 Å². The van der Waals surface area contributed by atoms with Crippen LogP contribution in [0, 0.1) is 0 Å². The lowest BCUT2D eigenvalue weighted by Gasteiger charge is -2.33. The monoisotopic (exact) mass is 769 g/mol. The van der Waals surface area contributed by atoms with Gasteiger partial charge in [-0.25, -0.2) is 0 Å². The number of rotatable bonds is 3. The number of benzene rings is 10. The van der Waals surface area contributed by atoms with Crippen molar-refractivity contribution < 1.29 is 0 Å². The zero-order chi connectivity index (χ0) is 37.9. The molecule has 0 bridgehead atoms. The van der Waals surface area contributed by atoms with E-state index >= 15 is 0 Å². The fourth-order valence-electron chi connectivity index (χ4n) is 10.0. The van der Waals surface area contributed by atoms with Crippen LogP contribution in [0.1, 0.15) is 0 Å². The molecule has 13 rings (SSSR count). The standard InChI is InChI=1S/C54H32BNS2/c1-2-14-34-29-35(26-25-33(34)13-1)52-40-17-3-5-19-42(40)53(43-20-6-4-18-41(43)52)36-30-50-54-51(31-36)58-49-32-37(27-28-45(49)55(54)44-21-9-12-24-48(44)57-50)56-46-22-10-7-15-38(46)39-16-8-11-23-47(39)56/h1-32H. The Labute approximate surface area is 345 Å². The summed E-state index contributed by atoms with van der Waals surface area (Å²) in [5.41, 5.74) is 13.0. The summed E-state index contributed by atoms with van der Waals surface area (Å²) in [4.78, 5) is 5.36. The molecule has 0 saturated heterocycles. The largest absolute Gasteiger partial charge is 0.309 e. The summed E-state index contributed by atoms with van der Waals surface area (Å²) in [6, 6.07) is 72.6. The average molecular weight is 770 g/mol. The maximum Gasteiger partial charge on any atom is 0.247 e. The molecule has 0 spiro atoms. The lowest BCUT2D eigenvalue weighted by Crippen LogP contribution is -2.58. The Kier molecular flexibility index (Phi) is 7.04. The molecular formula is C54H32BNS2. The van der Waals surface area contributed by atoms with Crippen LogP contribution in [-0.4, -0.2) is 11.3 Å². The van der Waals surface area contributed by atoms with Crippen molar-refractivity contribution in [2.24, 2.45) is 0 Å². The van der Waals surface area contributed by atoms with E-state index in [9.17, 15) is 0 Å². The Morgan fingerprint density at radius 3 is 1.53 bits per heavy atom. The highest BCUT2D eigenvalue weighted by Gasteiger charge is 2.38. The van der Waals surface area contributed by atoms with E-state index in [4.69, 9.17) is 0 Å². The molecular weight excluding hydrogens is 738 g/mol. The van der Waals surface area contributed by atoms with Crippen LogP contribution in [0.25, 0.3) is 82.1 Å². The first-order valence-corrected chi connectivity index (χ1v) is 21.6. The summed E-state index contributed by atoms with van der Waals surface area (Å²) in [5.74, 6) is 0. The molecule has 0 atom stereocenters. The predicted octanol–water partition coefficient (Wildman–Crippen LogP) is 13.0. The summed E-state index contributed by atoms with van der Waals surface area (Å²) in [5, 5.41) is 10.2. The van der Waals surface area contributed by atoms with Crippen LogP contribution < -0.4 is 16.4 Å². The van der Waals surface area contributed by atoms with E-state index in [1.165, 1.54) is 118 Å². The van der Waals surface area contributed by atoms with Crippen molar-refractivity contribution >= 4 is 101 Å². The zero-order valence-electron chi connectivity index (χ0n) is 31.3. The zero-order valence-corrected chi connectivity index (χ0v) is 32.9. The summed E-state index contributed by atoms with van der Waals surface area (Å²) < 4.78 is 2.45. The third-order valence-corrected chi connectivity index (χ3v) is 14.7. The normalized spacial score (nSPS) is 13.0. The topological polar surface area (TPSA) is 4.93 Å². The molecule has 0 aliphatic carbocycles. The molecule has 3 heterocycles. The maximum absolute atomic E-state index is 2.50. The predicted molar refractivity (Wildman–Crippen MR) is 250 cm³/mol. The van der Waals surface area contributed by atoms with Crippen LogP contribution in [0.5, 0.6) is 0 Å². The Morgan fingerprint density at radius 2 is 0.862 bits per heavy atom. The lowest BCUT2D eigenvalue weighted by atomic mass is 9.36. The van der Waals surface area contributed by atoms with E-state index in [1.807, 2.05) is 23.5 Å². The van der Waals surface area contributed by atoms with Crippen LogP contribution in [0.3, 0.4) is 0 Å². The second-order valence-corrected chi connectivity index (χ2v) is 17.7. The van der Waals surface area contributed by atoms with Gasteiger partial charge in [0.25, 0.3) is 0 Å². The quantitative estimate of drug-likeness (QED) is 0.130. The van der Waals surface area contributed by atoms with E-state index < -0.39 is 0 Å². The first-order valence-electron chi connectivity index (χ1n) is 19.9. The van der Waals surface area contributed by atoms with Gasteiger partial charge >= 0.3 is 0 Å². The van der Waals surface area contributed by atoms with E-state index in [-0.39, 0.29) is 6.71 Å². The van der Waals surface area contributed by atoms with E-state index in [0.717, 1.165) is 0 Å². The molecule has 2 aliphatic rings. The summed E-state index contributed by atoms with van der Waals surface area (Å²) in [6.45, 7) is 0.170. The Balaban J connectivity index is 1.04.